The Labute approximate surface area is 200 Å². The van der Waals surface area contributed by atoms with Gasteiger partial charge in [0, 0.05) is 49.3 Å². The highest BCUT2D eigenvalue weighted by Gasteiger charge is 2.40. The average molecular weight is 466 g/mol. The van der Waals surface area contributed by atoms with Crippen molar-refractivity contribution in [3.63, 3.8) is 0 Å². The van der Waals surface area contributed by atoms with E-state index in [1.54, 1.807) is 0 Å². The predicted molar refractivity (Wildman–Crippen MR) is 129 cm³/mol. The summed E-state index contributed by atoms with van der Waals surface area (Å²) in [7, 11) is 0. The molecule has 0 radical (unpaired) electrons. The monoisotopic (exact) mass is 465 g/mol. The van der Waals surface area contributed by atoms with E-state index >= 15 is 0 Å². The molecular formula is C25H35N7O2. The maximum atomic E-state index is 13.4. The van der Waals surface area contributed by atoms with Crippen molar-refractivity contribution >= 4 is 23.5 Å². The summed E-state index contributed by atoms with van der Waals surface area (Å²) in [6.07, 6.45) is 11.1. The van der Waals surface area contributed by atoms with Crippen LogP contribution in [-0.2, 0) is 17.6 Å². The van der Waals surface area contributed by atoms with Crippen LogP contribution >= 0.6 is 0 Å². The van der Waals surface area contributed by atoms with E-state index in [1.807, 2.05) is 9.80 Å². The minimum Gasteiger partial charge on any atom is -0.391 e. The zero-order chi connectivity index (χ0) is 23.1. The number of carbonyl (C=O) groups excluding carboxylic acids is 1. The van der Waals surface area contributed by atoms with Gasteiger partial charge in [-0.3, -0.25) is 9.89 Å². The first kappa shape index (κ1) is 21.8. The third kappa shape index (κ3) is 4.15. The van der Waals surface area contributed by atoms with Crippen LogP contribution in [0.3, 0.4) is 0 Å². The van der Waals surface area contributed by atoms with Gasteiger partial charge in [0.2, 0.25) is 11.9 Å². The fourth-order valence-electron chi connectivity index (χ4n) is 6.21. The van der Waals surface area contributed by atoms with Crippen LogP contribution in [0.2, 0.25) is 0 Å². The first-order valence-corrected chi connectivity index (χ1v) is 13.1. The van der Waals surface area contributed by atoms with Gasteiger partial charge in [-0.15, -0.1) is 0 Å². The zero-order valence-electron chi connectivity index (χ0n) is 19.8. The summed E-state index contributed by atoms with van der Waals surface area (Å²) in [5, 5.41) is 21.7. The van der Waals surface area contributed by atoms with Gasteiger partial charge in [0.05, 0.1) is 11.8 Å². The van der Waals surface area contributed by atoms with Crippen molar-refractivity contribution in [1.29, 1.82) is 0 Å². The molecule has 9 heteroatoms. The van der Waals surface area contributed by atoms with Gasteiger partial charge in [-0.05, 0) is 51.4 Å². The van der Waals surface area contributed by atoms with Crippen LogP contribution in [0.25, 0.3) is 0 Å². The quantitative estimate of drug-likeness (QED) is 0.622. The normalized spacial score (nSPS) is 25.2. The second-order valence-corrected chi connectivity index (χ2v) is 10.4. The number of carbonyl (C=O) groups is 1. The number of hydrogen-bond acceptors (Lipinski definition) is 7. The number of nitrogens with zero attached hydrogens (tertiary/aromatic N) is 5. The van der Waals surface area contributed by atoms with Crippen LogP contribution in [0.4, 0.5) is 17.6 Å². The summed E-state index contributed by atoms with van der Waals surface area (Å²) in [6.45, 7) is 2.00. The molecule has 6 rings (SSSR count). The van der Waals surface area contributed by atoms with Crippen molar-refractivity contribution in [2.24, 2.45) is 0 Å². The highest BCUT2D eigenvalue weighted by molar-refractivity contribution is 5.85. The molecule has 1 saturated carbocycles. The molecule has 4 aliphatic rings. The number of hydrogen-bond donors (Lipinski definition) is 3. The number of rotatable bonds is 5. The van der Waals surface area contributed by atoms with E-state index in [-0.39, 0.29) is 5.91 Å². The van der Waals surface area contributed by atoms with Gasteiger partial charge < -0.3 is 20.2 Å². The molecule has 2 aliphatic carbocycles. The number of likely N-dealkylation sites (tertiary alicyclic amines) is 1. The molecule has 2 saturated heterocycles. The van der Waals surface area contributed by atoms with Gasteiger partial charge >= 0.3 is 0 Å². The molecule has 0 aromatic carbocycles. The maximum absolute atomic E-state index is 13.4. The molecule has 2 aromatic rings. The summed E-state index contributed by atoms with van der Waals surface area (Å²) < 4.78 is 0. The molecule has 182 valence electrons. The summed E-state index contributed by atoms with van der Waals surface area (Å²) in [6, 6.07) is 1.71. The van der Waals surface area contributed by atoms with Gasteiger partial charge in [-0.1, -0.05) is 12.8 Å². The minimum atomic E-state index is -0.549. The SMILES string of the molecule is O=C([C@H]1C[C@H](O)CN1c1nc2c(c(Nc3cc(C4CCCC4)[nH]n3)n1)CCC2)N1CCCCC1. The lowest BCUT2D eigenvalue weighted by Crippen LogP contribution is -2.48. The molecule has 4 heterocycles. The number of aromatic amines is 1. The molecular weight excluding hydrogens is 430 g/mol. The number of aromatic nitrogens is 4. The number of aryl methyl sites for hydroxylation is 1. The Morgan fingerprint density at radius 2 is 1.88 bits per heavy atom. The van der Waals surface area contributed by atoms with Crippen LogP contribution in [-0.4, -0.2) is 67.9 Å². The Morgan fingerprint density at radius 3 is 2.71 bits per heavy atom. The second kappa shape index (κ2) is 9.17. The Hall–Kier alpha value is -2.68. The van der Waals surface area contributed by atoms with E-state index in [4.69, 9.17) is 9.97 Å². The summed E-state index contributed by atoms with van der Waals surface area (Å²) in [5.74, 6) is 2.78. The Balaban J connectivity index is 1.27. The maximum Gasteiger partial charge on any atom is 0.245 e. The molecule has 34 heavy (non-hydrogen) atoms. The van der Waals surface area contributed by atoms with Crippen LogP contribution in [0.5, 0.6) is 0 Å². The van der Waals surface area contributed by atoms with Crippen molar-refractivity contribution in [3.8, 4) is 0 Å². The van der Waals surface area contributed by atoms with Gasteiger partial charge in [-0.2, -0.15) is 10.1 Å². The zero-order valence-corrected chi connectivity index (χ0v) is 19.8. The number of piperidine rings is 1. The number of H-pyrrole nitrogens is 1. The topological polar surface area (TPSA) is 110 Å². The first-order chi connectivity index (χ1) is 16.7. The lowest BCUT2D eigenvalue weighted by molar-refractivity contribution is -0.133. The number of β-amino-alcohol motifs (C(OH)–C–C–N with tert-alkyl or cyclic N) is 1. The van der Waals surface area contributed by atoms with Crippen LogP contribution in [0.15, 0.2) is 6.07 Å². The highest BCUT2D eigenvalue weighted by atomic mass is 16.3. The van der Waals surface area contributed by atoms with Crippen LogP contribution in [0, 0.1) is 0 Å². The molecule has 2 atom stereocenters. The summed E-state index contributed by atoms with van der Waals surface area (Å²) >= 11 is 0. The van der Waals surface area contributed by atoms with Crippen molar-refractivity contribution in [3.05, 3.63) is 23.0 Å². The predicted octanol–water partition coefficient (Wildman–Crippen LogP) is 3.04. The van der Waals surface area contributed by atoms with Gasteiger partial charge in [0.1, 0.15) is 11.9 Å². The molecule has 3 fully saturated rings. The van der Waals surface area contributed by atoms with Gasteiger partial charge in [0.25, 0.3) is 0 Å². The lowest BCUT2D eigenvalue weighted by atomic mass is 10.0. The minimum absolute atomic E-state index is 0.100. The Bertz CT molecular complexity index is 1040. The molecule has 2 aromatic heterocycles. The Morgan fingerprint density at radius 1 is 1.06 bits per heavy atom. The van der Waals surface area contributed by atoms with E-state index < -0.39 is 12.1 Å². The van der Waals surface area contributed by atoms with Crippen molar-refractivity contribution in [1.82, 2.24) is 25.1 Å². The molecule has 9 nitrogen and oxygen atoms in total. The molecule has 0 bridgehead atoms. The van der Waals surface area contributed by atoms with E-state index in [0.29, 0.717) is 24.8 Å². The van der Waals surface area contributed by atoms with Crippen LogP contribution < -0.4 is 10.2 Å². The summed E-state index contributed by atoms with van der Waals surface area (Å²) in [5.41, 5.74) is 3.39. The molecule has 1 amide bonds. The second-order valence-electron chi connectivity index (χ2n) is 10.4. The van der Waals surface area contributed by atoms with Crippen molar-refractivity contribution < 1.29 is 9.90 Å². The number of anilines is 3. The molecule has 0 spiro atoms. The van der Waals surface area contributed by atoms with E-state index in [1.165, 1.54) is 37.8 Å². The standard InChI is InChI=1S/C25H35N7O2/c33-17-13-21(24(34)31-11-4-1-5-12-31)32(15-17)25-26-19-10-6-9-18(19)23(28-25)27-22-14-20(29-30-22)16-7-2-3-8-16/h14,16-17,21,33H,1-13,15H2,(H2,26,27,28,29,30)/t17-,21+/m0/s1. The number of nitrogens with one attached hydrogen (secondary N) is 2. The molecule has 0 unspecified atom stereocenters. The van der Waals surface area contributed by atoms with E-state index in [9.17, 15) is 9.90 Å². The average Bonchev–Trinajstić information content (AvgIpc) is 3.65. The third-order valence-corrected chi connectivity index (χ3v) is 8.05. The fourth-order valence-corrected chi connectivity index (χ4v) is 6.21. The largest absolute Gasteiger partial charge is 0.391 e. The third-order valence-electron chi connectivity index (χ3n) is 8.05. The molecule has 2 aliphatic heterocycles. The summed E-state index contributed by atoms with van der Waals surface area (Å²) in [4.78, 5) is 27.0. The van der Waals surface area contributed by atoms with E-state index in [2.05, 4.69) is 21.6 Å². The number of amides is 1. The van der Waals surface area contributed by atoms with Crippen LogP contribution in [0.1, 0.15) is 80.7 Å². The van der Waals surface area contributed by atoms with Crippen molar-refractivity contribution in [2.75, 3.05) is 29.9 Å². The molecule has 3 N–H and O–H groups in total. The fraction of sp³-hybridized carbons (Fsp3) is 0.680. The van der Waals surface area contributed by atoms with Gasteiger partial charge in [-0.25, -0.2) is 4.98 Å². The number of fused-ring (bicyclic) bond motifs is 1. The smallest absolute Gasteiger partial charge is 0.245 e. The van der Waals surface area contributed by atoms with Crippen molar-refractivity contribution in [2.45, 2.75) is 88.7 Å². The van der Waals surface area contributed by atoms with Gasteiger partial charge in [0.15, 0.2) is 5.82 Å². The lowest BCUT2D eigenvalue weighted by Gasteiger charge is -2.32. The first-order valence-electron chi connectivity index (χ1n) is 13.1. The van der Waals surface area contributed by atoms with E-state index in [0.717, 1.165) is 68.1 Å². The highest BCUT2D eigenvalue weighted by Crippen LogP contribution is 2.36. The Kier molecular flexibility index (Phi) is 5.89. The number of aliphatic hydroxyl groups excluding tert-OH is 1. The number of aliphatic hydroxyl groups is 1.